The normalized spacial score (nSPS) is 14.9. The Morgan fingerprint density at radius 3 is 2.48 bits per heavy atom. The van der Waals surface area contributed by atoms with E-state index in [0.717, 1.165) is 23.2 Å². The van der Waals surface area contributed by atoms with Crippen LogP contribution in [0.1, 0.15) is 41.3 Å². The quantitative estimate of drug-likeness (QED) is 0.830. The van der Waals surface area contributed by atoms with Crippen LogP contribution >= 0.6 is 11.6 Å². The van der Waals surface area contributed by atoms with E-state index in [-0.39, 0.29) is 17.7 Å². The summed E-state index contributed by atoms with van der Waals surface area (Å²) < 4.78 is 0. The summed E-state index contributed by atoms with van der Waals surface area (Å²) in [5.74, 6) is -0.0971. The van der Waals surface area contributed by atoms with Crippen molar-refractivity contribution >= 4 is 29.1 Å². The molecule has 27 heavy (non-hydrogen) atoms. The topological polar surface area (TPSA) is 49.4 Å². The number of hydrogen-bond acceptors (Lipinski definition) is 2. The lowest BCUT2D eigenvalue weighted by Crippen LogP contribution is -2.41. The minimum Gasteiger partial charge on any atom is -0.339 e. The van der Waals surface area contributed by atoms with Crippen LogP contribution in [0.15, 0.2) is 42.5 Å². The standard InChI is InChI=1S/C22H25ClN2O2/c1-3-16-8-6-7-15(2)20(16)24-21(26)17-11-13-25(14-12-17)22(27)18-9-4-5-10-19(18)23/h4-10,17H,3,11-14H2,1-2H3,(H,24,26). The Morgan fingerprint density at radius 1 is 1.11 bits per heavy atom. The number of amides is 2. The fraction of sp³-hybridized carbons (Fsp3) is 0.364. The third-order valence-corrected chi connectivity index (χ3v) is 5.58. The number of anilines is 1. The molecule has 0 saturated carbocycles. The molecule has 2 aromatic carbocycles. The van der Waals surface area contributed by atoms with Crippen LogP contribution in [-0.4, -0.2) is 29.8 Å². The maximum atomic E-state index is 12.8. The minimum absolute atomic E-state index is 0.0452. The number of carbonyl (C=O) groups is 2. The van der Waals surface area contributed by atoms with E-state index in [1.807, 2.05) is 37.3 Å². The first-order valence-electron chi connectivity index (χ1n) is 9.44. The summed E-state index contributed by atoms with van der Waals surface area (Å²) >= 11 is 6.14. The van der Waals surface area contributed by atoms with E-state index in [4.69, 9.17) is 11.6 Å². The van der Waals surface area contributed by atoms with Gasteiger partial charge in [0.2, 0.25) is 5.91 Å². The van der Waals surface area contributed by atoms with Gasteiger partial charge < -0.3 is 10.2 Å². The molecule has 2 amide bonds. The number of benzene rings is 2. The maximum absolute atomic E-state index is 12.8. The van der Waals surface area contributed by atoms with Crippen LogP contribution in [0, 0.1) is 12.8 Å². The first kappa shape index (κ1) is 19.4. The van der Waals surface area contributed by atoms with Gasteiger partial charge in [-0.1, -0.05) is 48.9 Å². The Labute approximate surface area is 165 Å². The SMILES string of the molecule is CCc1cccc(C)c1NC(=O)C1CCN(C(=O)c2ccccc2Cl)CC1. The molecule has 2 aromatic rings. The second-order valence-electron chi connectivity index (χ2n) is 7.00. The minimum atomic E-state index is -0.0791. The highest BCUT2D eigenvalue weighted by molar-refractivity contribution is 6.33. The summed E-state index contributed by atoms with van der Waals surface area (Å²) in [6.45, 7) is 5.23. The Kier molecular flexibility index (Phi) is 6.17. The highest BCUT2D eigenvalue weighted by Crippen LogP contribution is 2.26. The summed E-state index contributed by atoms with van der Waals surface area (Å²) in [6.07, 6.45) is 2.20. The van der Waals surface area contributed by atoms with E-state index in [1.54, 1.807) is 17.0 Å². The molecule has 0 aromatic heterocycles. The molecule has 0 spiro atoms. The fourth-order valence-electron chi connectivity index (χ4n) is 3.58. The monoisotopic (exact) mass is 384 g/mol. The summed E-state index contributed by atoms with van der Waals surface area (Å²) in [6, 6.07) is 13.2. The van der Waals surface area contributed by atoms with E-state index in [9.17, 15) is 9.59 Å². The number of rotatable bonds is 4. The zero-order chi connectivity index (χ0) is 19.4. The van der Waals surface area contributed by atoms with Crippen LogP contribution in [0.2, 0.25) is 5.02 Å². The number of halogens is 1. The molecule has 1 N–H and O–H groups in total. The van der Waals surface area contributed by atoms with E-state index in [0.29, 0.717) is 36.5 Å². The number of nitrogens with zero attached hydrogens (tertiary/aromatic N) is 1. The van der Waals surface area contributed by atoms with Gasteiger partial charge in [-0.05, 0) is 49.4 Å². The van der Waals surface area contributed by atoms with Crippen molar-refractivity contribution in [3.63, 3.8) is 0 Å². The van der Waals surface area contributed by atoms with Crippen LogP contribution in [-0.2, 0) is 11.2 Å². The lowest BCUT2D eigenvalue weighted by atomic mass is 9.94. The molecule has 0 bridgehead atoms. The molecule has 4 nitrogen and oxygen atoms in total. The third kappa shape index (κ3) is 4.33. The highest BCUT2D eigenvalue weighted by Gasteiger charge is 2.29. The largest absolute Gasteiger partial charge is 0.339 e. The van der Waals surface area contributed by atoms with Crippen molar-refractivity contribution in [3.05, 3.63) is 64.2 Å². The molecule has 1 aliphatic heterocycles. The lowest BCUT2D eigenvalue weighted by Gasteiger charge is -2.31. The predicted molar refractivity (Wildman–Crippen MR) is 109 cm³/mol. The molecule has 0 radical (unpaired) electrons. The Morgan fingerprint density at radius 2 is 1.81 bits per heavy atom. The molecule has 1 aliphatic rings. The molecular formula is C22H25ClN2O2. The second kappa shape index (κ2) is 8.57. The molecule has 3 rings (SSSR count). The van der Waals surface area contributed by atoms with Gasteiger partial charge in [0.15, 0.2) is 0 Å². The fourth-order valence-corrected chi connectivity index (χ4v) is 3.79. The second-order valence-corrected chi connectivity index (χ2v) is 7.41. The van der Waals surface area contributed by atoms with Crippen LogP contribution < -0.4 is 5.32 Å². The molecule has 0 unspecified atom stereocenters. The molecule has 0 atom stereocenters. The predicted octanol–water partition coefficient (Wildman–Crippen LogP) is 4.70. The lowest BCUT2D eigenvalue weighted by molar-refractivity contribution is -0.121. The summed E-state index contributed by atoms with van der Waals surface area (Å²) in [4.78, 5) is 27.2. The van der Waals surface area contributed by atoms with Crippen molar-refractivity contribution in [2.45, 2.75) is 33.1 Å². The summed E-state index contributed by atoms with van der Waals surface area (Å²) in [5.41, 5.74) is 3.68. The van der Waals surface area contributed by atoms with Gasteiger partial charge in [0, 0.05) is 24.7 Å². The Hall–Kier alpha value is -2.33. The maximum Gasteiger partial charge on any atom is 0.255 e. The van der Waals surface area contributed by atoms with Crippen LogP contribution in [0.5, 0.6) is 0 Å². The average Bonchev–Trinajstić information content (AvgIpc) is 2.69. The van der Waals surface area contributed by atoms with Crippen molar-refractivity contribution in [1.29, 1.82) is 0 Å². The van der Waals surface area contributed by atoms with Gasteiger partial charge in [-0.25, -0.2) is 0 Å². The molecule has 0 aliphatic carbocycles. The smallest absolute Gasteiger partial charge is 0.255 e. The number of likely N-dealkylation sites (tertiary alicyclic amines) is 1. The van der Waals surface area contributed by atoms with Gasteiger partial charge in [-0.15, -0.1) is 0 Å². The number of aryl methyl sites for hydroxylation is 2. The van der Waals surface area contributed by atoms with E-state index < -0.39 is 0 Å². The van der Waals surface area contributed by atoms with Gasteiger partial charge in [0.05, 0.1) is 10.6 Å². The Bertz CT molecular complexity index is 842. The van der Waals surface area contributed by atoms with Crippen molar-refractivity contribution in [1.82, 2.24) is 4.90 Å². The number of nitrogens with one attached hydrogen (secondary N) is 1. The third-order valence-electron chi connectivity index (χ3n) is 5.25. The van der Waals surface area contributed by atoms with Gasteiger partial charge in [0.25, 0.3) is 5.91 Å². The van der Waals surface area contributed by atoms with Crippen LogP contribution in [0.4, 0.5) is 5.69 Å². The van der Waals surface area contributed by atoms with Crippen molar-refractivity contribution < 1.29 is 9.59 Å². The summed E-state index contributed by atoms with van der Waals surface area (Å²) in [5, 5.41) is 3.59. The highest BCUT2D eigenvalue weighted by atomic mass is 35.5. The van der Waals surface area contributed by atoms with Gasteiger partial charge in [0.1, 0.15) is 0 Å². The first-order valence-corrected chi connectivity index (χ1v) is 9.82. The van der Waals surface area contributed by atoms with E-state index in [2.05, 4.69) is 12.2 Å². The zero-order valence-corrected chi connectivity index (χ0v) is 16.6. The van der Waals surface area contributed by atoms with Crippen LogP contribution in [0.25, 0.3) is 0 Å². The first-order chi connectivity index (χ1) is 13.0. The molecule has 5 heteroatoms. The van der Waals surface area contributed by atoms with Gasteiger partial charge >= 0.3 is 0 Å². The molecule has 1 saturated heterocycles. The molecule has 1 heterocycles. The zero-order valence-electron chi connectivity index (χ0n) is 15.8. The molecular weight excluding hydrogens is 360 g/mol. The van der Waals surface area contributed by atoms with E-state index >= 15 is 0 Å². The Balaban J connectivity index is 1.62. The van der Waals surface area contributed by atoms with Crippen LogP contribution in [0.3, 0.4) is 0 Å². The average molecular weight is 385 g/mol. The summed E-state index contributed by atoms with van der Waals surface area (Å²) in [7, 11) is 0. The number of para-hydroxylation sites is 1. The van der Waals surface area contributed by atoms with Crippen molar-refractivity contribution in [3.8, 4) is 0 Å². The van der Waals surface area contributed by atoms with Gasteiger partial charge in [-0.3, -0.25) is 9.59 Å². The molecule has 142 valence electrons. The number of hydrogen-bond donors (Lipinski definition) is 1. The number of piperidine rings is 1. The van der Waals surface area contributed by atoms with Crippen molar-refractivity contribution in [2.24, 2.45) is 5.92 Å². The van der Waals surface area contributed by atoms with Crippen molar-refractivity contribution in [2.75, 3.05) is 18.4 Å². The van der Waals surface area contributed by atoms with Gasteiger partial charge in [-0.2, -0.15) is 0 Å². The van der Waals surface area contributed by atoms with E-state index in [1.165, 1.54) is 0 Å². The number of carbonyl (C=O) groups excluding carboxylic acids is 2. The molecule has 1 fully saturated rings.